The number of halogens is 2. The Morgan fingerprint density at radius 3 is 2.62 bits per heavy atom. The van der Waals surface area contributed by atoms with Crippen LogP contribution in [0.5, 0.6) is 0 Å². The molecule has 1 heterocycles. The van der Waals surface area contributed by atoms with E-state index >= 15 is 0 Å². The summed E-state index contributed by atoms with van der Waals surface area (Å²) in [6.45, 7) is 4.56. The van der Waals surface area contributed by atoms with E-state index in [2.05, 4.69) is 10.6 Å². The van der Waals surface area contributed by atoms with Crippen LogP contribution in [0, 0.1) is 11.6 Å². The summed E-state index contributed by atoms with van der Waals surface area (Å²) in [7, 11) is 0. The number of rotatable bonds is 5. The maximum Gasteiger partial charge on any atom is 0.244 e. The molecular formula is C16H21F2N3O3. The average Bonchev–Trinajstić information content (AvgIpc) is 2.56. The Labute approximate surface area is 139 Å². The van der Waals surface area contributed by atoms with Gasteiger partial charge in [0, 0.05) is 13.1 Å². The first-order valence-corrected chi connectivity index (χ1v) is 7.81. The monoisotopic (exact) mass is 341 g/mol. The van der Waals surface area contributed by atoms with Gasteiger partial charge in [-0.3, -0.25) is 9.59 Å². The number of likely N-dealkylation sites (N-methyl/N-ethyl adjacent to an activating group) is 1. The molecule has 0 unspecified atom stereocenters. The van der Waals surface area contributed by atoms with Crippen molar-refractivity contribution in [3.05, 3.63) is 29.8 Å². The zero-order valence-electron chi connectivity index (χ0n) is 13.6. The van der Waals surface area contributed by atoms with Gasteiger partial charge in [0.25, 0.3) is 0 Å². The van der Waals surface area contributed by atoms with Gasteiger partial charge >= 0.3 is 0 Å². The third kappa shape index (κ3) is 4.27. The molecule has 1 aliphatic heterocycles. The molecule has 1 fully saturated rings. The van der Waals surface area contributed by atoms with Crippen LogP contribution in [0.2, 0.25) is 0 Å². The van der Waals surface area contributed by atoms with E-state index < -0.39 is 29.3 Å². The molecule has 132 valence electrons. The first-order valence-electron chi connectivity index (χ1n) is 7.81. The summed E-state index contributed by atoms with van der Waals surface area (Å²) < 4.78 is 32.6. The van der Waals surface area contributed by atoms with Gasteiger partial charge in [-0.2, -0.15) is 0 Å². The topological polar surface area (TPSA) is 70.7 Å². The first kappa shape index (κ1) is 18.3. The fourth-order valence-electron chi connectivity index (χ4n) is 2.52. The molecule has 0 bridgehead atoms. The minimum absolute atomic E-state index is 0.283. The van der Waals surface area contributed by atoms with E-state index in [1.165, 1.54) is 11.0 Å². The van der Waals surface area contributed by atoms with E-state index in [0.29, 0.717) is 13.2 Å². The number of morpholine rings is 1. The lowest BCUT2D eigenvalue weighted by molar-refractivity contribution is -0.141. The van der Waals surface area contributed by atoms with E-state index in [9.17, 15) is 18.4 Å². The number of nitrogens with zero attached hydrogens (tertiary/aromatic N) is 1. The van der Waals surface area contributed by atoms with Crippen LogP contribution in [0.3, 0.4) is 0 Å². The van der Waals surface area contributed by atoms with E-state index in [0.717, 1.165) is 12.1 Å². The molecule has 2 N–H and O–H groups in total. The minimum atomic E-state index is -0.867. The van der Waals surface area contributed by atoms with Crippen molar-refractivity contribution in [2.75, 3.05) is 31.6 Å². The lowest BCUT2D eigenvalue weighted by atomic mass is 10.1. The predicted octanol–water partition coefficient (Wildman–Crippen LogP) is 1.13. The number of ether oxygens (including phenoxy) is 1. The summed E-state index contributed by atoms with van der Waals surface area (Å²) in [4.78, 5) is 25.9. The van der Waals surface area contributed by atoms with Gasteiger partial charge in [-0.15, -0.1) is 0 Å². The van der Waals surface area contributed by atoms with Crippen molar-refractivity contribution in [2.45, 2.75) is 26.0 Å². The molecule has 0 spiro atoms. The third-order valence-electron chi connectivity index (χ3n) is 3.84. The molecule has 2 amide bonds. The first-order chi connectivity index (χ1) is 11.4. The molecule has 2 atom stereocenters. The van der Waals surface area contributed by atoms with Crippen LogP contribution < -0.4 is 10.6 Å². The quantitative estimate of drug-likeness (QED) is 0.842. The zero-order chi connectivity index (χ0) is 17.7. The second-order valence-electron chi connectivity index (χ2n) is 5.50. The van der Waals surface area contributed by atoms with Crippen LogP contribution >= 0.6 is 0 Å². The van der Waals surface area contributed by atoms with Crippen molar-refractivity contribution in [1.29, 1.82) is 0 Å². The van der Waals surface area contributed by atoms with Crippen LogP contribution in [0.25, 0.3) is 0 Å². The van der Waals surface area contributed by atoms with Gasteiger partial charge in [0.1, 0.15) is 23.4 Å². The summed E-state index contributed by atoms with van der Waals surface area (Å²) in [6.07, 6.45) is -0.313. The van der Waals surface area contributed by atoms with Crippen molar-refractivity contribution in [3.63, 3.8) is 0 Å². The lowest BCUT2D eigenvalue weighted by Crippen LogP contribution is -2.57. The number of benzene rings is 1. The van der Waals surface area contributed by atoms with Crippen LogP contribution in [0.1, 0.15) is 13.8 Å². The Balaban J connectivity index is 2.01. The Bertz CT molecular complexity index is 592. The number of hydrogen-bond acceptors (Lipinski definition) is 4. The number of para-hydroxylation sites is 1. The van der Waals surface area contributed by atoms with Gasteiger partial charge < -0.3 is 20.3 Å². The van der Waals surface area contributed by atoms with Crippen molar-refractivity contribution < 1.29 is 23.1 Å². The zero-order valence-corrected chi connectivity index (χ0v) is 13.6. The van der Waals surface area contributed by atoms with Gasteiger partial charge in [-0.05, 0) is 26.0 Å². The van der Waals surface area contributed by atoms with Crippen LogP contribution in [0.4, 0.5) is 14.5 Å². The summed E-state index contributed by atoms with van der Waals surface area (Å²) in [5, 5.41) is 5.23. The number of carbonyl (C=O) groups is 2. The largest absolute Gasteiger partial charge is 0.375 e. The Hall–Kier alpha value is -2.06. The Morgan fingerprint density at radius 1 is 1.38 bits per heavy atom. The molecule has 1 aromatic carbocycles. The normalized spacial score (nSPS) is 20.5. The third-order valence-corrected chi connectivity index (χ3v) is 3.84. The second kappa shape index (κ2) is 8.16. The SMILES string of the molecule is CCN(CC(=O)Nc1c(F)cccc1F)C(=O)[C@H]1NCCO[C@@H]1C. The van der Waals surface area contributed by atoms with Crippen LogP contribution in [0.15, 0.2) is 18.2 Å². The molecule has 0 aliphatic carbocycles. The van der Waals surface area contributed by atoms with E-state index in [-0.39, 0.29) is 25.1 Å². The average molecular weight is 341 g/mol. The highest BCUT2D eigenvalue weighted by molar-refractivity contribution is 5.95. The molecule has 1 saturated heterocycles. The predicted molar refractivity (Wildman–Crippen MR) is 84.4 cm³/mol. The number of nitrogens with one attached hydrogen (secondary N) is 2. The van der Waals surface area contributed by atoms with Crippen molar-refractivity contribution in [3.8, 4) is 0 Å². The Morgan fingerprint density at radius 2 is 2.04 bits per heavy atom. The van der Waals surface area contributed by atoms with E-state index in [1.54, 1.807) is 13.8 Å². The number of hydrogen-bond donors (Lipinski definition) is 2. The number of amides is 2. The molecule has 24 heavy (non-hydrogen) atoms. The van der Waals surface area contributed by atoms with Gasteiger partial charge in [0.15, 0.2) is 0 Å². The maximum atomic E-state index is 13.6. The van der Waals surface area contributed by atoms with E-state index in [1.807, 2.05) is 0 Å². The fraction of sp³-hybridized carbons (Fsp3) is 0.500. The molecule has 0 saturated carbocycles. The number of carbonyl (C=O) groups excluding carboxylic acids is 2. The van der Waals surface area contributed by atoms with E-state index in [4.69, 9.17) is 4.74 Å². The highest BCUT2D eigenvalue weighted by Gasteiger charge is 2.32. The van der Waals surface area contributed by atoms with Crippen molar-refractivity contribution >= 4 is 17.5 Å². The van der Waals surface area contributed by atoms with Crippen LogP contribution in [-0.4, -0.2) is 55.1 Å². The van der Waals surface area contributed by atoms with Gasteiger partial charge in [-0.1, -0.05) is 6.07 Å². The summed E-state index contributed by atoms with van der Waals surface area (Å²) in [5.74, 6) is -2.69. The summed E-state index contributed by atoms with van der Waals surface area (Å²) in [5.41, 5.74) is -0.515. The molecule has 6 nitrogen and oxygen atoms in total. The molecular weight excluding hydrogens is 320 g/mol. The molecule has 0 aromatic heterocycles. The standard InChI is InChI=1S/C16H21F2N3O3/c1-3-21(16(23)14-10(2)24-8-7-19-14)9-13(22)20-15-11(17)5-4-6-12(15)18/h4-6,10,14,19H,3,7-9H2,1-2H3,(H,20,22)/t10-,14+/m1/s1. The molecule has 0 radical (unpaired) electrons. The smallest absolute Gasteiger partial charge is 0.244 e. The minimum Gasteiger partial charge on any atom is -0.375 e. The lowest BCUT2D eigenvalue weighted by Gasteiger charge is -2.33. The molecule has 8 heteroatoms. The molecule has 2 rings (SSSR count). The van der Waals surface area contributed by atoms with Gasteiger partial charge in [-0.25, -0.2) is 8.78 Å². The molecule has 1 aromatic rings. The highest BCUT2D eigenvalue weighted by atomic mass is 19.1. The Kier molecular flexibility index (Phi) is 6.22. The highest BCUT2D eigenvalue weighted by Crippen LogP contribution is 2.18. The molecule has 1 aliphatic rings. The van der Waals surface area contributed by atoms with Gasteiger partial charge in [0.05, 0.1) is 19.3 Å². The van der Waals surface area contributed by atoms with Crippen LogP contribution in [-0.2, 0) is 14.3 Å². The van der Waals surface area contributed by atoms with Crippen molar-refractivity contribution in [1.82, 2.24) is 10.2 Å². The second-order valence-corrected chi connectivity index (χ2v) is 5.50. The number of anilines is 1. The summed E-state index contributed by atoms with van der Waals surface area (Å²) >= 11 is 0. The van der Waals surface area contributed by atoms with Crippen molar-refractivity contribution in [2.24, 2.45) is 0 Å². The van der Waals surface area contributed by atoms with Gasteiger partial charge in [0.2, 0.25) is 11.8 Å². The fourth-order valence-corrected chi connectivity index (χ4v) is 2.52. The maximum absolute atomic E-state index is 13.6. The summed E-state index contributed by atoms with van der Waals surface area (Å²) in [6, 6.07) is 2.76.